The number of amides is 1. The monoisotopic (exact) mass is 284 g/mol. The van der Waals surface area contributed by atoms with Crippen molar-refractivity contribution in [1.82, 2.24) is 5.32 Å². The fourth-order valence-corrected chi connectivity index (χ4v) is 2.45. The van der Waals surface area contributed by atoms with E-state index in [-0.39, 0.29) is 24.2 Å². The minimum atomic E-state index is -0.942. The number of aliphatic carboxylic acids is 1. The molecule has 1 rings (SSSR count). The van der Waals surface area contributed by atoms with Crippen molar-refractivity contribution in [2.24, 2.45) is 5.73 Å². The molecule has 106 valence electrons. The zero-order valence-electron chi connectivity index (χ0n) is 11.2. The number of hydrogen-bond donors (Lipinski definition) is 3. The Morgan fingerprint density at radius 1 is 1.53 bits per heavy atom. The third-order valence-electron chi connectivity index (χ3n) is 2.90. The van der Waals surface area contributed by atoms with E-state index in [1.54, 1.807) is 11.3 Å². The number of nitrogens with two attached hydrogens (primary N) is 1. The van der Waals surface area contributed by atoms with E-state index >= 15 is 0 Å². The Balaban J connectivity index is 2.43. The first-order valence-electron chi connectivity index (χ1n) is 6.12. The van der Waals surface area contributed by atoms with Crippen LogP contribution >= 0.6 is 11.3 Å². The Hall–Kier alpha value is -1.40. The van der Waals surface area contributed by atoms with Crippen molar-refractivity contribution in [2.45, 2.75) is 38.1 Å². The van der Waals surface area contributed by atoms with Crippen LogP contribution in [0.5, 0.6) is 0 Å². The second-order valence-corrected chi connectivity index (χ2v) is 6.07. The van der Waals surface area contributed by atoms with Crippen LogP contribution in [0.1, 0.15) is 31.6 Å². The molecule has 0 aliphatic rings. The number of carbonyl (C=O) groups excluding carboxylic acids is 1. The van der Waals surface area contributed by atoms with Gasteiger partial charge in [-0.15, -0.1) is 11.3 Å². The topological polar surface area (TPSA) is 92.4 Å². The fourth-order valence-electron chi connectivity index (χ4n) is 1.60. The van der Waals surface area contributed by atoms with Gasteiger partial charge in [0.25, 0.3) is 0 Å². The molecule has 1 heterocycles. The van der Waals surface area contributed by atoms with Crippen molar-refractivity contribution in [3.05, 3.63) is 22.4 Å². The lowest BCUT2D eigenvalue weighted by Gasteiger charge is -2.24. The maximum Gasteiger partial charge on any atom is 0.303 e. The van der Waals surface area contributed by atoms with E-state index in [1.807, 2.05) is 31.4 Å². The van der Waals surface area contributed by atoms with Crippen LogP contribution in [0.15, 0.2) is 17.5 Å². The largest absolute Gasteiger partial charge is 0.481 e. The number of thiophene rings is 1. The lowest BCUT2D eigenvalue weighted by Crippen LogP contribution is -2.45. The van der Waals surface area contributed by atoms with Gasteiger partial charge >= 0.3 is 5.97 Å². The van der Waals surface area contributed by atoms with Gasteiger partial charge in [-0.25, -0.2) is 0 Å². The van der Waals surface area contributed by atoms with Gasteiger partial charge in [0.15, 0.2) is 0 Å². The predicted octanol–water partition coefficient (Wildman–Crippen LogP) is 1.33. The van der Waals surface area contributed by atoms with Crippen molar-refractivity contribution in [3.8, 4) is 0 Å². The molecule has 1 aromatic rings. The minimum absolute atomic E-state index is 0.0943. The highest BCUT2D eigenvalue weighted by Crippen LogP contribution is 2.26. The molecular weight excluding hydrogens is 264 g/mol. The molecule has 1 atom stereocenters. The molecule has 1 amide bonds. The van der Waals surface area contributed by atoms with Crippen LogP contribution in [0, 0.1) is 0 Å². The molecule has 5 nitrogen and oxygen atoms in total. The maximum atomic E-state index is 11.7. The molecule has 1 aromatic heterocycles. The van der Waals surface area contributed by atoms with Crippen molar-refractivity contribution in [1.29, 1.82) is 0 Å². The van der Waals surface area contributed by atoms with Gasteiger partial charge in [-0.3, -0.25) is 9.59 Å². The summed E-state index contributed by atoms with van der Waals surface area (Å²) in [6.07, 6.45) is 0.0590. The van der Waals surface area contributed by atoms with Gasteiger partial charge < -0.3 is 16.2 Å². The summed E-state index contributed by atoms with van der Waals surface area (Å²) < 4.78 is 0. The smallest absolute Gasteiger partial charge is 0.303 e. The summed E-state index contributed by atoms with van der Waals surface area (Å²) in [6, 6.07) is 3.24. The molecule has 19 heavy (non-hydrogen) atoms. The Labute approximate surface area is 116 Å². The summed E-state index contributed by atoms with van der Waals surface area (Å²) in [7, 11) is 0. The molecule has 0 aliphatic heterocycles. The highest BCUT2D eigenvalue weighted by molar-refractivity contribution is 7.10. The summed E-state index contributed by atoms with van der Waals surface area (Å²) >= 11 is 1.64. The van der Waals surface area contributed by atoms with Gasteiger partial charge in [0, 0.05) is 23.3 Å². The third kappa shape index (κ3) is 5.00. The molecule has 0 aromatic carbocycles. The molecule has 0 radical (unpaired) electrons. The molecule has 0 saturated heterocycles. The van der Waals surface area contributed by atoms with E-state index in [9.17, 15) is 9.59 Å². The molecule has 0 bridgehead atoms. The Bertz CT molecular complexity index is 429. The highest BCUT2D eigenvalue weighted by Gasteiger charge is 2.24. The average Bonchev–Trinajstić information content (AvgIpc) is 2.87. The first-order valence-corrected chi connectivity index (χ1v) is 7.00. The maximum absolute atomic E-state index is 11.7. The normalized spacial score (nSPS) is 13.0. The molecule has 0 spiro atoms. The first kappa shape index (κ1) is 15.7. The molecule has 0 aliphatic carbocycles. The second kappa shape index (κ2) is 6.68. The number of carbonyl (C=O) groups is 2. The fraction of sp³-hybridized carbons (Fsp3) is 0.538. The average molecular weight is 284 g/mol. The molecule has 0 fully saturated rings. The van der Waals surface area contributed by atoms with Crippen LogP contribution in [0.25, 0.3) is 0 Å². The van der Waals surface area contributed by atoms with Crippen molar-refractivity contribution < 1.29 is 14.7 Å². The van der Waals surface area contributed by atoms with Crippen LogP contribution < -0.4 is 11.1 Å². The zero-order chi connectivity index (χ0) is 14.5. The number of carboxylic acids is 1. The molecular formula is C13H20N2O3S. The van der Waals surface area contributed by atoms with Crippen LogP contribution in [0.3, 0.4) is 0 Å². The van der Waals surface area contributed by atoms with Gasteiger partial charge in [-0.05, 0) is 17.9 Å². The number of nitrogens with one attached hydrogen (secondary N) is 1. The third-order valence-corrected chi connectivity index (χ3v) is 4.13. The van der Waals surface area contributed by atoms with Crippen LogP contribution in [0.2, 0.25) is 0 Å². The molecule has 6 heteroatoms. The number of carboxylic acid groups (broad SMARTS) is 1. The Morgan fingerprint density at radius 3 is 2.74 bits per heavy atom. The van der Waals surface area contributed by atoms with Crippen LogP contribution in [-0.4, -0.2) is 29.6 Å². The van der Waals surface area contributed by atoms with Crippen LogP contribution in [-0.2, 0) is 15.0 Å². The molecule has 1 unspecified atom stereocenters. The van der Waals surface area contributed by atoms with E-state index in [0.717, 1.165) is 0 Å². The summed E-state index contributed by atoms with van der Waals surface area (Å²) in [5.41, 5.74) is 5.48. The number of rotatable bonds is 7. The van der Waals surface area contributed by atoms with Gasteiger partial charge in [0.2, 0.25) is 5.91 Å². The summed E-state index contributed by atoms with van der Waals surface area (Å²) in [5.74, 6) is -1.24. The summed E-state index contributed by atoms with van der Waals surface area (Å²) in [4.78, 5) is 23.3. The van der Waals surface area contributed by atoms with Gasteiger partial charge in [-0.1, -0.05) is 19.9 Å². The van der Waals surface area contributed by atoms with E-state index in [1.165, 1.54) is 4.88 Å². The van der Waals surface area contributed by atoms with Gasteiger partial charge in [0.05, 0.1) is 6.04 Å². The molecule has 0 saturated carbocycles. The van der Waals surface area contributed by atoms with Gasteiger partial charge in [0.1, 0.15) is 0 Å². The SMILES string of the molecule is CC(C)(CNC(=O)C(N)CCC(=O)O)c1cccs1. The second-order valence-electron chi connectivity index (χ2n) is 5.12. The minimum Gasteiger partial charge on any atom is -0.481 e. The van der Waals surface area contributed by atoms with Crippen LogP contribution in [0.4, 0.5) is 0 Å². The van der Waals surface area contributed by atoms with Crippen molar-refractivity contribution in [3.63, 3.8) is 0 Å². The van der Waals surface area contributed by atoms with Gasteiger partial charge in [-0.2, -0.15) is 0 Å². The van der Waals surface area contributed by atoms with E-state index < -0.39 is 12.0 Å². The molecule has 4 N–H and O–H groups in total. The lowest BCUT2D eigenvalue weighted by molar-refractivity contribution is -0.137. The van der Waals surface area contributed by atoms with E-state index in [2.05, 4.69) is 5.32 Å². The lowest BCUT2D eigenvalue weighted by atomic mass is 9.91. The quantitative estimate of drug-likeness (QED) is 0.704. The van der Waals surface area contributed by atoms with E-state index in [0.29, 0.717) is 6.54 Å². The van der Waals surface area contributed by atoms with Crippen molar-refractivity contribution >= 4 is 23.2 Å². The standard InChI is InChI=1S/C13H20N2O3S/c1-13(2,10-4-3-7-19-10)8-15-12(18)9(14)5-6-11(16)17/h3-4,7,9H,5-6,8,14H2,1-2H3,(H,15,18)(H,16,17). The summed E-state index contributed by atoms with van der Waals surface area (Å²) in [6.45, 7) is 4.57. The predicted molar refractivity (Wildman–Crippen MR) is 75.2 cm³/mol. The Morgan fingerprint density at radius 2 is 2.21 bits per heavy atom. The number of hydrogen-bond acceptors (Lipinski definition) is 4. The first-order chi connectivity index (χ1) is 8.83. The summed E-state index contributed by atoms with van der Waals surface area (Å²) in [5, 5.41) is 13.3. The zero-order valence-corrected chi connectivity index (χ0v) is 12.0. The highest BCUT2D eigenvalue weighted by atomic mass is 32.1. The van der Waals surface area contributed by atoms with E-state index in [4.69, 9.17) is 10.8 Å². The van der Waals surface area contributed by atoms with Crippen molar-refractivity contribution in [2.75, 3.05) is 6.54 Å². The Kier molecular flexibility index (Phi) is 5.50.